The van der Waals surface area contributed by atoms with Crippen LogP contribution in [0.25, 0.3) is 5.95 Å². The molecule has 108 valence electrons. The molecule has 0 aliphatic heterocycles. The predicted molar refractivity (Wildman–Crippen MR) is 65.8 cm³/mol. The van der Waals surface area contributed by atoms with Crippen molar-refractivity contribution in [2.45, 2.75) is 6.18 Å². The van der Waals surface area contributed by atoms with Crippen LogP contribution in [0.4, 0.5) is 25.1 Å². The van der Waals surface area contributed by atoms with E-state index in [0.717, 1.165) is 16.9 Å². The van der Waals surface area contributed by atoms with Crippen molar-refractivity contribution in [2.75, 3.05) is 31.4 Å². The second-order valence-electron chi connectivity index (χ2n) is 4.05. The largest absolute Gasteiger partial charge is 0.435 e. The first-order chi connectivity index (χ1) is 9.31. The van der Waals surface area contributed by atoms with Crippen LogP contribution in [0.3, 0.4) is 0 Å². The molecule has 1 N–H and O–H groups in total. The van der Waals surface area contributed by atoms with Gasteiger partial charge in [-0.25, -0.2) is 4.68 Å². The molecule has 2 rings (SSSR count). The van der Waals surface area contributed by atoms with E-state index in [-0.39, 0.29) is 11.9 Å². The maximum atomic E-state index is 12.5. The van der Waals surface area contributed by atoms with Crippen molar-refractivity contribution in [3.8, 4) is 5.95 Å². The lowest BCUT2D eigenvalue weighted by Crippen LogP contribution is -2.17. The van der Waals surface area contributed by atoms with Crippen molar-refractivity contribution in [2.24, 2.45) is 0 Å². The highest BCUT2D eigenvalue weighted by atomic mass is 19.4. The van der Waals surface area contributed by atoms with Gasteiger partial charge in [0, 0.05) is 27.3 Å². The molecule has 0 aromatic carbocycles. The van der Waals surface area contributed by atoms with Crippen molar-refractivity contribution < 1.29 is 13.2 Å². The van der Waals surface area contributed by atoms with Crippen LogP contribution >= 0.6 is 0 Å². The van der Waals surface area contributed by atoms with Gasteiger partial charge in [-0.3, -0.25) is 0 Å². The average molecular weight is 287 g/mol. The topological polar surface area (TPSA) is 71.8 Å². The van der Waals surface area contributed by atoms with Crippen LogP contribution in [0.5, 0.6) is 0 Å². The number of hydrogen-bond acceptors (Lipinski definition) is 6. The smallest absolute Gasteiger partial charge is 0.357 e. The quantitative estimate of drug-likeness (QED) is 0.914. The van der Waals surface area contributed by atoms with E-state index < -0.39 is 11.9 Å². The Balaban J connectivity index is 2.46. The highest BCUT2D eigenvalue weighted by Crippen LogP contribution is 2.27. The first kappa shape index (κ1) is 14.0. The van der Waals surface area contributed by atoms with Gasteiger partial charge in [-0.2, -0.15) is 33.2 Å². The third-order valence-corrected chi connectivity index (χ3v) is 2.32. The first-order valence-corrected chi connectivity index (χ1v) is 5.55. The van der Waals surface area contributed by atoms with Crippen molar-refractivity contribution in [3.63, 3.8) is 0 Å². The van der Waals surface area contributed by atoms with Crippen LogP contribution in [0.15, 0.2) is 12.3 Å². The zero-order valence-corrected chi connectivity index (χ0v) is 11.0. The molecule has 0 aliphatic rings. The number of rotatable bonds is 3. The van der Waals surface area contributed by atoms with Crippen molar-refractivity contribution in [3.05, 3.63) is 18.0 Å². The third kappa shape index (κ3) is 2.78. The summed E-state index contributed by atoms with van der Waals surface area (Å²) in [5.41, 5.74) is -1.00. The van der Waals surface area contributed by atoms with Gasteiger partial charge in [0.1, 0.15) is 0 Å². The second kappa shape index (κ2) is 4.94. The highest BCUT2D eigenvalue weighted by molar-refractivity contribution is 5.38. The Labute approximate surface area is 112 Å². The summed E-state index contributed by atoms with van der Waals surface area (Å²) in [6.07, 6.45) is -3.36. The molecule has 0 spiro atoms. The maximum absolute atomic E-state index is 12.5. The molecule has 7 nitrogen and oxygen atoms in total. The fraction of sp³-hybridized carbons (Fsp3) is 0.400. The number of halogens is 3. The summed E-state index contributed by atoms with van der Waals surface area (Å²) in [4.78, 5) is 13.7. The summed E-state index contributed by atoms with van der Waals surface area (Å²) < 4.78 is 38.5. The van der Waals surface area contributed by atoms with Crippen molar-refractivity contribution >= 4 is 11.9 Å². The molecular weight excluding hydrogens is 275 g/mol. The van der Waals surface area contributed by atoms with E-state index in [4.69, 9.17) is 0 Å². The minimum atomic E-state index is -4.51. The molecule has 0 aliphatic carbocycles. The van der Waals surface area contributed by atoms with Crippen LogP contribution in [0.2, 0.25) is 0 Å². The lowest BCUT2D eigenvalue weighted by atomic mass is 10.4. The molecule has 0 radical (unpaired) electrons. The average Bonchev–Trinajstić information content (AvgIpc) is 2.87. The van der Waals surface area contributed by atoms with E-state index in [1.54, 1.807) is 26.0 Å². The predicted octanol–water partition coefficient (Wildman–Crippen LogP) is 1.18. The molecule has 2 heterocycles. The number of anilines is 2. The van der Waals surface area contributed by atoms with Crippen LogP contribution < -0.4 is 10.2 Å². The van der Waals surface area contributed by atoms with Crippen LogP contribution in [0, 0.1) is 0 Å². The van der Waals surface area contributed by atoms with E-state index in [9.17, 15) is 13.2 Å². The second-order valence-corrected chi connectivity index (χ2v) is 4.05. The summed E-state index contributed by atoms with van der Waals surface area (Å²) in [6, 6.07) is 0.859. The summed E-state index contributed by atoms with van der Waals surface area (Å²) in [6.45, 7) is 0. The SMILES string of the molecule is CNc1nc(N(C)C)nc(-n2ccc(C(F)(F)F)n2)n1. The van der Waals surface area contributed by atoms with Crippen LogP contribution in [0.1, 0.15) is 5.69 Å². The van der Waals surface area contributed by atoms with E-state index in [1.807, 2.05) is 0 Å². The Morgan fingerprint density at radius 2 is 1.90 bits per heavy atom. The lowest BCUT2D eigenvalue weighted by Gasteiger charge is -2.12. The molecule has 0 amide bonds. The summed E-state index contributed by atoms with van der Waals surface area (Å²) in [7, 11) is 5.02. The zero-order valence-electron chi connectivity index (χ0n) is 11.0. The molecule has 0 unspecified atom stereocenters. The number of hydrogen-bond donors (Lipinski definition) is 1. The molecule has 10 heteroatoms. The third-order valence-electron chi connectivity index (χ3n) is 2.32. The Hall–Kier alpha value is -2.39. The molecule has 0 saturated heterocycles. The van der Waals surface area contributed by atoms with Gasteiger partial charge in [-0.1, -0.05) is 0 Å². The van der Waals surface area contributed by atoms with E-state index in [1.165, 1.54) is 0 Å². The van der Waals surface area contributed by atoms with Gasteiger partial charge in [0.15, 0.2) is 5.69 Å². The van der Waals surface area contributed by atoms with E-state index >= 15 is 0 Å². The Kier molecular flexibility index (Phi) is 3.47. The standard InChI is InChI=1S/C10H12F3N7/c1-14-7-15-8(19(2)3)17-9(16-7)20-5-4-6(18-20)10(11,12)13/h4-5H,1-3H3,(H,14,15,16,17). The molecule has 0 fully saturated rings. The first-order valence-electron chi connectivity index (χ1n) is 5.55. The van der Waals surface area contributed by atoms with Gasteiger partial charge in [-0.15, -0.1) is 0 Å². The van der Waals surface area contributed by atoms with Gasteiger partial charge in [0.05, 0.1) is 0 Å². The Morgan fingerprint density at radius 1 is 1.20 bits per heavy atom. The van der Waals surface area contributed by atoms with Gasteiger partial charge in [-0.05, 0) is 6.07 Å². The van der Waals surface area contributed by atoms with Crippen molar-refractivity contribution in [1.82, 2.24) is 24.7 Å². The Bertz CT molecular complexity index is 605. The highest BCUT2D eigenvalue weighted by Gasteiger charge is 2.33. The van der Waals surface area contributed by atoms with Crippen molar-refractivity contribution in [1.29, 1.82) is 0 Å². The van der Waals surface area contributed by atoms with E-state index in [2.05, 4.69) is 25.4 Å². The fourth-order valence-corrected chi connectivity index (χ4v) is 1.35. The minimum Gasteiger partial charge on any atom is -0.357 e. The molecule has 2 aromatic heterocycles. The lowest BCUT2D eigenvalue weighted by molar-refractivity contribution is -0.141. The molecule has 20 heavy (non-hydrogen) atoms. The molecule has 0 bridgehead atoms. The molecular formula is C10H12F3N7. The summed E-state index contributed by atoms with van der Waals surface area (Å²) >= 11 is 0. The van der Waals surface area contributed by atoms with Gasteiger partial charge >= 0.3 is 6.18 Å². The number of aromatic nitrogens is 5. The van der Waals surface area contributed by atoms with Gasteiger partial charge in [0.2, 0.25) is 11.9 Å². The number of nitrogens with zero attached hydrogens (tertiary/aromatic N) is 6. The fourth-order valence-electron chi connectivity index (χ4n) is 1.35. The molecule has 2 aromatic rings. The zero-order chi connectivity index (χ0) is 14.9. The van der Waals surface area contributed by atoms with Crippen LogP contribution in [-0.4, -0.2) is 45.9 Å². The molecule has 0 atom stereocenters. The van der Waals surface area contributed by atoms with Gasteiger partial charge in [0.25, 0.3) is 5.95 Å². The maximum Gasteiger partial charge on any atom is 0.435 e. The normalized spacial score (nSPS) is 11.5. The minimum absolute atomic E-state index is 0.00329. The number of alkyl halides is 3. The monoisotopic (exact) mass is 287 g/mol. The Morgan fingerprint density at radius 3 is 2.40 bits per heavy atom. The summed E-state index contributed by atoms with van der Waals surface area (Å²) in [5.74, 6) is 0.551. The van der Waals surface area contributed by atoms with Crippen LogP contribution in [-0.2, 0) is 6.18 Å². The van der Waals surface area contributed by atoms with E-state index in [0.29, 0.717) is 5.95 Å². The van der Waals surface area contributed by atoms with Gasteiger partial charge < -0.3 is 10.2 Å². The number of nitrogens with one attached hydrogen (secondary N) is 1. The molecule has 0 saturated carbocycles. The summed E-state index contributed by atoms with van der Waals surface area (Å²) in [5, 5.41) is 6.14.